The van der Waals surface area contributed by atoms with Gasteiger partial charge in [-0.1, -0.05) is 30.3 Å². The summed E-state index contributed by atoms with van der Waals surface area (Å²) in [5.41, 5.74) is 7.18. The lowest BCUT2D eigenvalue weighted by molar-refractivity contribution is 0.632. The third-order valence-corrected chi connectivity index (χ3v) is 3.05. The Labute approximate surface area is 115 Å². The fourth-order valence-corrected chi connectivity index (χ4v) is 2.01. The summed E-state index contributed by atoms with van der Waals surface area (Å²) in [6.45, 7) is 0. The van der Waals surface area contributed by atoms with Crippen LogP contribution in [0.2, 0.25) is 0 Å². The van der Waals surface area contributed by atoms with Crippen molar-refractivity contribution in [2.45, 2.75) is 0 Å². The number of rotatable bonds is 2. The molecule has 0 fully saturated rings. The molecule has 2 aromatic carbocycles. The third kappa shape index (κ3) is 2.14. The molecule has 0 aliphatic carbocycles. The van der Waals surface area contributed by atoms with Gasteiger partial charge in [0.25, 0.3) is 0 Å². The lowest BCUT2D eigenvalue weighted by Gasteiger charge is -2.01. The minimum absolute atomic E-state index is 0.124. The second-order valence-corrected chi connectivity index (χ2v) is 4.48. The maximum Gasteiger partial charge on any atom is 0.181 e. The van der Waals surface area contributed by atoms with E-state index < -0.39 is 5.82 Å². The van der Waals surface area contributed by atoms with E-state index in [0.717, 1.165) is 5.56 Å². The van der Waals surface area contributed by atoms with Crippen LogP contribution in [-0.4, -0.2) is 14.8 Å². The van der Waals surface area contributed by atoms with Gasteiger partial charge in [-0.2, -0.15) is 5.10 Å². The number of halogens is 1. The van der Waals surface area contributed by atoms with E-state index in [0.29, 0.717) is 17.2 Å². The minimum atomic E-state index is -0.452. The van der Waals surface area contributed by atoms with Gasteiger partial charge in [0.05, 0.1) is 5.69 Å². The number of nitrogens with zero attached hydrogens (tertiary/aromatic N) is 3. The first-order chi connectivity index (χ1) is 9.65. The molecular weight excluding hydrogens is 255 g/mol. The number of nitrogen functional groups attached to an aromatic ring is 1. The van der Waals surface area contributed by atoms with Gasteiger partial charge >= 0.3 is 0 Å². The predicted octanol–water partition coefficient (Wildman–Crippen LogP) is 2.87. The number of nitrogens with two attached hydrogens (primary N) is 1. The van der Waals surface area contributed by atoms with Crippen LogP contribution in [0.4, 0.5) is 10.1 Å². The molecule has 0 aliphatic heterocycles. The summed E-state index contributed by atoms with van der Waals surface area (Å²) >= 11 is 0. The highest BCUT2D eigenvalue weighted by molar-refractivity contribution is 5.63. The van der Waals surface area contributed by atoms with E-state index in [9.17, 15) is 4.39 Å². The van der Waals surface area contributed by atoms with Gasteiger partial charge in [0, 0.05) is 18.2 Å². The van der Waals surface area contributed by atoms with Crippen molar-refractivity contribution >= 4 is 5.69 Å². The zero-order valence-electron chi connectivity index (χ0n) is 10.9. The maximum atomic E-state index is 13.5. The molecule has 100 valence electrons. The van der Waals surface area contributed by atoms with Gasteiger partial charge in [-0.3, -0.25) is 0 Å². The molecule has 3 rings (SSSR count). The molecule has 2 N–H and O–H groups in total. The van der Waals surface area contributed by atoms with Crippen molar-refractivity contribution in [3.8, 4) is 22.8 Å². The monoisotopic (exact) mass is 268 g/mol. The van der Waals surface area contributed by atoms with Crippen LogP contribution in [0.3, 0.4) is 0 Å². The Morgan fingerprint density at radius 2 is 1.80 bits per heavy atom. The highest BCUT2D eigenvalue weighted by Gasteiger charge is 2.12. The molecule has 3 aromatic rings. The van der Waals surface area contributed by atoms with Gasteiger partial charge in [0.15, 0.2) is 11.6 Å². The largest absolute Gasteiger partial charge is 0.396 e. The standard InChI is InChI=1S/C15H13FN4/c1-20-15(11-7-8-13(17)12(16)9-11)18-14(19-20)10-5-3-2-4-6-10/h2-9H,17H2,1H3. The van der Waals surface area contributed by atoms with Gasteiger partial charge < -0.3 is 5.73 Å². The lowest BCUT2D eigenvalue weighted by atomic mass is 10.2. The predicted molar refractivity (Wildman–Crippen MR) is 76.2 cm³/mol. The Morgan fingerprint density at radius 3 is 2.50 bits per heavy atom. The van der Waals surface area contributed by atoms with Gasteiger partial charge in [0.1, 0.15) is 5.82 Å². The SMILES string of the molecule is Cn1nc(-c2ccccc2)nc1-c1ccc(N)c(F)c1. The number of hydrogen-bond acceptors (Lipinski definition) is 3. The summed E-state index contributed by atoms with van der Waals surface area (Å²) in [6.07, 6.45) is 0. The second kappa shape index (κ2) is 4.77. The van der Waals surface area contributed by atoms with Crippen molar-refractivity contribution in [2.24, 2.45) is 7.05 Å². The first kappa shape index (κ1) is 12.3. The Bertz CT molecular complexity index is 750. The highest BCUT2D eigenvalue weighted by Crippen LogP contribution is 2.24. The van der Waals surface area contributed by atoms with Gasteiger partial charge in [-0.15, -0.1) is 0 Å². The summed E-state index contributed by atoms with van der Waals surface area (Å²) < 4.78 is 15.2. The van der Waals surface area contributed by atoms with E-state index in [4.69, 9.17) is 5.73 Å². The van der Waals surface area contributed by atoms with Crippen LogP contribution >= 0.6 is 0 Å². The summed E-state index contributed by atoms with van der Waals surface area (Å²) in [5.74, 6) is 0.759. The van der Waals surface area contributed by atoms with Crippen LogP contribution in [0.1, 0.15) is 0 Å². The molecule has 20 heavy (non-hydrogen) atoms. The lowest BCUT2D eigenvalue weighted by Crippen LogP contribution is -1.96. The number of hydrogen-bond donors (Lipinski definition) is 1. The smallest absolute Gasteiger partial charge is 0.181 e. The molecule has 0 spiro atoms. The second-order valence-electron chi connectivity index (χ2n) is 4.48. The summed E-state index contributed by atoms with van der Waals surface area (Å²) in [4.78, 5) is 4.47. The zero-order valence-corrected chi connectivity index (χ0v) is 10.9. The summed E-state index contributed by atoms with van der Waals surface area (Å²) in [6, 6.07) is 14.3. The average Bonchev–Trinajstić information content (AvgIpc) is 2.85. The normalized spacial score (nSPS) is 10.7. The van der Waals surface area contributed by atoms with Crippen molar-refractivity contribution in [1.82, 2.24) is 14.8 Å². The van der Waals surface area contributed by atoms with Crippen LogP contribution < -0.4 is 5.73 Å². The van der Waals surface area contributed by atoms with Crippen LogP contribution in [0.25, 0.3) is 22.8 Å². The molecule has 0 atom stereocenters. The molecule has 5 heteroatoms. The molecule has 0 amide bonds. The molecule has 0 unspecified atom stereocenters. The molecule has 0 aliphatic rings. The van der Waals surface area contributed by atoms with Crippen molar-refractivity contribution in [3.05, 3.63) is 54.3 Å². The van der Waals surface area contributed by atoms with Crippen molar-refractivity contribution < 1.29 is 4.39 Å². The molecule has 0 radical (unpaired) electrons. The van der Waals surface area contributed by atoms with Crippen LogP contribution in [0, 0.1) is 5.82 Å². The number of anilines is 1. The van der Waals surface area contributed by atoms with E-state index in [1.807, 2.05) is 30.3 Å². The average molecular weight is 268 g/mol. The van der Waals surface area contributed by atoms with E-state index in [2.05, 4.69) is 10.1 Å². The number of aryl methyl sites for hydroxylation is 1. The van der Waals surface area contributed by atoms with Crippen molar-refractivity contribution in [2.75, 3.05) is 5.73 Å². The highest BCUT2D eigenvalue weighted by atomic mass is 19.1. The Balaban J connectivity index is 2.07. The summed E-state index contributed by atoms with van der Waals surface area (Å²) in [5, 5.41) is 4.36. The number of aromatic nitrogens is 3. The van der Waals surface area contributed by atoms with Crippen molar-refractivity contribution in [3.63, 3.8) is 0 Å². The Morgan fingerprint density at radius 1 is 1.05 bits per heavy atom. The van der Waals surface area contributed by atoms with Crippen LogP contribution in [0.15, 0.2) is 48.5 Å². The fourth-order valence-electron chi connectivity index (χ4n) is 2.01. The third-order valence-electron chi connectivity index (χ3n) is 3.05. The topological polar surface area (TPSA) is 56.7 Å². The van der Waals surface area contributed by atoms with Crippen molar-refractivity contribution in [1.29, 1.82) is 0 Å². The molecule has 0 bridgehead atoms. The molecule has 1 heterocycles. The van der Waals surface area contributed by atoms with Crippen LogP contribution in [0.5, 0.6) is 0 Å². The Hall–Kier alpha value is -2.69. The van der Waals surface area contributed by atoms with E-state index in [1.165, 1.54) is 12.1 Å². The first-order valence-electron chi connectivity index (χ1n) is 6.17. The van der Waals surface area contributed by atoms with E-state index in [-0.39, 0.29) is 5.69 Å². The van der Waals surface area contributed by atoms with Gasteiger partial charge in [0.2, 0.25) is 0 Å². The molecule has 1 aromatic heterocycles. The van der Waals surface area contributed by atoms with E-state index in [1.54, 1.807) is 17.8 Å². The van der Waals surface area contributed by atoms with Gasteiger partial charge in [-0.05, 0) is 18.2 Å². The minimum Gasteiger partial charge on any atom is -0.396 e. The first-order valence-corrected chi connectivity index (χ1v) is 6.17. The van der Waals surface area contributed by atoms with Gasteiger partial charge in [-0.25, -0.2) is 14.1 Å². The van der Waals surface area contributed by atoms with Crippen LogP contribution in [-0.2, 0) is 7.05 Å². The maximum absolute atomic E-state index is 13.5. The quantitative estimate of drug-likeness (QED) is 0.727. The molecule has 0 saturated heterocycles. The van der Waals surface area contributed by atoms with E-state index >= 15 is 0 Å². The Kier molecular flexibility index (Phi) is 2.95. The number of benzene rings is 2. The molecular formula is C15H13FN4. The molecule has 4 nitrogen and oxygen atoms in total. The fraction of sp³-hybridized carbons (Fsp3) is 0.0667. The molecule has 0 saturated carbocycles. The summed E-state index contributed by atoms with van der Waals surface area (Å²) in [7, 11) is 1.78. The zero-order chi connectivity index (χ0) is 14.1.